The topological polar surface area (TPSA) is 9.23 Å². The number of hydrogen-bond acceptors (Lipinski definition) is 1. The van der Waals surface area contributed by atoms with E-state index in [4.69, 9.17) is 27.9 Å². The van der Waals surface area contributed by atoms with Gasteiger partial charge in [0.25, 0.3) is 0 Å². The summed E-state index contributed by atoms with van der Waals surface area (Å²) in [4.78, 5) is 0. The summed E-state index contributed by atoms with van der Waals surface area (Å²) >= 11 is 11.9. The van der Waals surface area contributed by atoms with E-state index in [2.05, 4.69) is 13.8 Å². The van der Waals surface area contributed by atoms with E-state index in [1.54, 1.807) is 0 Å². The first-order valence-electron chi connectivity index (χ1n) is 5.10. The Labute approximate surface area is 100 Å². The molecular weight excluding hydrogens is 231 g/mol. The third-order valence-electron chi connectivity index (χ3n) is 3.37. The van der Waals surface area contributed by atoms with E-state index in [9.17, 15) is 0 Å². The molecule has 0 saturated carbocycles. The van der Waals surface area contributed by atoms with Crippen LogP contribution in [-0.2, 0) is 10.3 Å². The molecule has 1 aliphatic rings. The molecule has 0 N–H and O–H groups in total. The lowest BCUT2D eigenvalue weighted by Gasteiger charge is -2.52. The molecule has 1 heterocycles. The number of benzene rings is 1. The second kappa shape index (κ2) is 3.97. The molecule has 3 heteroatoms. The summed E-state index contributed by atoms with van der Waals surface area (Å²) in [6.45, 7) is 4.25. The summed E-state index contributed by atoms with van der Waals surface area (Å²) in [6, 6.07) is 7.74. The predicted molar refractivity (Wildman–Crippen MR) is 63.6 cm³/mol. The van der Waals surface area contributed by atoms with Gasteiger partial charge >= 0.3 is 0 Å². The fraction of sp³-hybridized carbons (Fsp3) is 0.500. The molecule has 1 aliphatic heterocycles. The minimum atomic E-state index is -0.314. The van der Waals surface area contributed by atoms with Gasteiger partial charge in [-0.15, -0.1) is 11.6 Å². The zero-order chi connectivity index (χ0) is 11.1. The first kappa shape index (κ1) is 11.3. The van der Waals surface area contributed by atoms with Crippen LogP contribution in [0.25, 0.3) is 0 Å². The van der Waals surface area contributed by atoms with Gasteiger partial charge in [0.1, 0.15) is 5.60 Å². The molecule has 0 bridgehead atoms. The summed E-state index contributed by atoms with van der Waals surface area (Å²) in [5.41, 5.74) is 0.804. The molecule has 82 valence electrons. The van der Waals surface area contributed by atoms with Gasteiger partial charge in [0.15, 0.2) is 0 Å². The van der Waals surface area contributed by atoms with E-state index >= 15 is 0 Å². The molecule has 1 aromatic carbocycles. The standard InChI is InChI=1S/C12H14Cl2O/c1-8-9(2)15-12(8,7-13)10-3-5-11(14)6-4-10/h3-6,8-9H,7H2,1-2H3. The van der Waals surface area contributed by atoms with Crippen molar-refractivity contribution in [1.29, 1.82) is 0 Å². The molecule has 1 saturated heterocycles. The molecule has 3 atom stereocenters. The van der Waals surface area contributed by atoms with Crippen LogP contribution in [0.1, 0.15) is 19.4 Å². The molecular formula is C12H14Cl2O. The lowest BCUT2D eigenvalue weighted by Crippen LogP contribution is -2.56. The Morgan fingerprint density at radius 3 is 2.27 bits per heavy atom. The molecule has 0 radical (unpaired) electrons. The summed E-state index contributed by atoms with van der Waals surface area (Å²) in [5, 5.41) is 0.739. The maximum atomic E-state index is 6.04. The van der Waals surface area contributed by atoms with Crippen LogP contribution in [0.15, 0.2) is 24.3 Å². The van der Waals surface area contributed by atoms with Crippen molar-refractivity contribution in [3.63, 3.8) is 0 Å². The molecule has 2 rings (SSSR count). The average molecular weight is 245 g/mol. The number of rotatable bonds is 2. The Kier molecular flexibility index (Phi) is 2.98. The molecule has 0 amide bonds. The fourth-order valence-corrected chi connectivity index (χ4v) is 2.73. The Bertz CT molecular complexity index is 349. The van der Waals surface area contributed by atoms with Crippen molar-refractivity contribution in [2.24, 2.45) is 5.92 Å². The van der Waals surface area contributed by atoms with Gasteiger partial charge in [0, 0.05) is 10.9 Å². The van der Waals surface area contributed by atoms with E-state index in [-0.39, 0.29) is 11.7 Å². The van der Waals surface area contributed by atoms with Crippen molar-refractivity contribution in [2.75, 3.05) is 5.88 Å². The molecule has 3 unspecified atom stereocenters. The van der Waals surface area contributed by atoms with Crippen LogP contribution >= 0.6 is 23.2 Å². The number of halogens is 2. The maximum absolute atomic E-state index is 6.04. The van der Waals surface area contributed by atoms with E-state index < -0.39 is 0 Å². The van der Waals surface area contributed by atoms with Crippen molar-refractivity contribution < 1.29 is 4.74 Å². The van der Waals surface area contributed by atoms with E-state index in [1.807, 2.05) is 24.3 Å². The van der Waals surface area contributed by atoms with Crippen molar-refractivity contribution in [1.82, 2.24) is 0 Å². The van der Waals surface area contributed by atoms with Crippen LogP contribution in [0.2, 0.25) is 5.02 Å². The molecule has 0 aliphatic carbocycles. The monoisotopic (exact) mass is 244 g/mol. The molecule has 1 nitrogen and oxygen atoms in total. The minimum Gasteiger partial charge on any atom is -0.365 e. The van der Waals surface area contributed by atoms with E-state index in [0.29, 0.717) is 11.8 Å². The lowest BCUT2D eigenvalue weighted by molar-refractivity contribution is -0.243. The molecule has 0 aromatic heterocycles. The van der Waals surface area contributed by atoms with Crippen molar-refractivity contribution in [3.8, 4) is 0 Å². The SMILES string of the molecule is CC1OC(CCl)(c2ccc(Cl)cc2)C1C. The first-order chi connectivity index (χ1) is 7.10. The van der Waals surface area contributed by atoms with Crippen molar-refractivity contribution in [3.05, 3.63) is 34.9 Å². The second-order valence-electron chi connectivity index (χ2n) is 4.14. The number of alkyl halides is 1. The van der Waals surface area contributed by atoms with Gasteiger partial charge in [-0.1, -0.05) is 30.7 Å². The summed E-state index contributed by atoms with van der Waals surface area (Å²) < 4.78 is 5.84. The van der Waals surface area contributed by atoms with Gasteiger partial charge in [-0.2, -0.15) is 0 Å². The molecule has 1 aromatic rings. The van der Waals surface area contributed by atoms with Gasteiger partial charge in [-0.25, -0.2) is 0 Å². The largest absolute Gasteiger partial charge is 0.365 e. The highest BCUT2D eigenvalue weighted by atomic mass is 35.5. The maximum Gasteiger partial charge on any atom is 0.112 e. The Morgan fingerprint density at radius 1 is 1.27 bits per heavy atom. The van der Waals surface area contributed by atoms with Gasteiger partial charge < -0.3 is 4.74 Å². The first-order valence-corrected chi connectivity index (χ1v) is 6.01. The minimum absolute atomic E-state index is 0.277. The molecule has 0 spiro atoms. The van der Waals surface area contributed by atoms with E-state index in [0.717, 1.165) is 10.6 Å². The summed E-state index contributed by atoms with van der Waals surface area (Å²) in [7, 11) is 0. The predicted octanol–water partition coefficient (Wildman–Crippen LogP) is 3.83. The zero-order valence-corrected chi connectivity index (χ0v) is 10.3. The number of hydrogen-bond donors (Lipinski definition) is 0. The van der Waals surface area contributed by atoms with Gasteiger partial charge in [-0.3, -0.25) is 0 Å². The van der Waals surface area contributed by atoms with Crippen LogP contribution < -0.4 is 0 Å². The van der Waals surface area contributed by atoms with Crippen LogP contribution in [0.5, 0.6) is 0 Å². The third-order valence-corrected chi connectivity index (χ3v) is 4.02. The smallest absolute Gasteiger partial charge is 0.112 e. The summed E-state index contributed by atoms with van der Waals surface area (Å²) in [6.07, 6.45) is 0.277. The van der Waals surface area contributed by atoms with Crippen LogP contribution in [0.3, 0.4) is 0 Å². The van der Waals surface area contributed by atoms with Crippen LogP contribution in [-0.4, -0.2) is 12.0 Å². The van der Waals surface area contributed by atoms with Gasteiger partial charge in [-0.05, 0) is 24.6 Å². The third kappa shape index (κ3) is 1.67. The zero-order valence-electron chi connectivity index (χ0n) is 8.84. The van der Waals surface area contributed by atoms with Crippen LogP contribution in [0, 0.1) is 5.92 Å². The average Bonchev–Trinajstić information content (AvgIpc) is 2.26. The number of ether oxygens (including phenoxy) is 1. The van der Waals surface area contributed by atoms with Crippen LogP contribution in [0.4, 0.5) is 0 Å². The quantitative estimate of drug-likeness (QED) is 0.719. The fourth-order valence-electron chi connectivity index (χ4n) is 2.14. The van der Waals surface area contributed by atoms with Gasteiger partial charge in [0.05, 0.1) is 12.0 Å². The van der Waals surface area contributed by atoms with Crippen molar-refractivity contribution in [2.45, 2.75) is 25.6 Å². The molecule has 15 heavy (non-hydrogen) atoms. The summed E-state index contributed by atoms with van der Waals surface area (Å²) in [5.74, 6) is 0.927. The highest BCUT2D eigenvalue weighted by molar-refractivity contribution is 6.30. The lowest BCUT2D eigenvalue weighted by atomic mass is 9.75. The van der Waals surface area contributed by atoms with Crippen molar-refractivity contribution >= 4 is 23.2 Å². The highest BCUT2D eigenvalue weighted by Gasteiger charge is 2.51. The Morgan fingerprint density at radius 2 is 1.87 bits per heavy atom. The Balaban J connectivity index is 2.32. The van der Waals surface area contributed by atoms with E-state index in [1.165, 1.54) is 0 Å². The highest BCUT2D eigenvalue weighted by Crippen LogP contribution is 2.47. The Hall–Kier alpha value is -0.240. The normalized spacial score (nSPS) is 34.9. The second-order valence-corrected chi connectivity index (χ2v) is 4.85. The molecule has 1 fully saturated rings. The van der Waals surface area contributed by atoms with Gasteiger partial charge in [0.2, 0.25) is 0 Å².